The third-order valence-electron chi connectivity index (χ3n) is 2.65. The van der Waals surface area contributed by atoms with Crippen molar-refractivity contribution in [1.82, 2.24) is 4.90 Å². The van der Waals surface area contributed by atoms with Gasteiger partial charge in [0.1, 0.15) is 6.17 Å². The summed E-state index contributed by atoms with van der Waals surface area (Å²) < 4.78 is 13.3. The quantitative estimate of drug-likeness (QED) is 0.565. The first-order chi connectivity index (χ1) is 5.11. The highest BCUT2D eigenvalue weighted by Gasteiger charge is 2.29. The fourth-order valence-corrected chi connectivity index (χ4v) is 1.83. The Morgan fingerprint density at radius 2 is 2.09 bits per heavy atom. The van der Waals surface area contributed by atoms with E-state index in [1.54, 1.807) is 0 Å². The van der Waals surface area contributed by atoms with E-state index in [0.717, 1.165) is 13.0 Å². The molecule has 2 heteroatoms. The summed E-state index contributed by atoms with van der Waals surface area (Å²) in [6.45, 7) is 5.91. The molecule has 0 aliphatic carbocycles. The molecule has 11 heavy (non-hydrogen) atoms. The molecule has 0 unspecified atom stereocenters. The Morgan fingerprint density at radius 1 is 1.45 bits per heavy atom. The van der Waals surface area contributed by atoms with Crippen LogP contribution in [0, 0.1) is 11.8 Å². The van der Waals surface area contributed by atoms with Crippen molar-refractivity contribution in [2.24, 2.45) is 11.8 Å². The Labute approximate surface area is 68.6 Å². The summed E-state index contributed by atoms with van der Waals surface area (Å²) in [6.07, 6.45) is 0.420. The molecule has 0 aromatic rings. The standard InChI is InChI=1S/C9H18FN/c1-7(2)8-4-5-11(3)6-9(8)10/h7-9H,4-6H2,1-3H3/t8-,9+/m1/s1. The molecule has 0 radical (unpaired) electrons. The Morgan fingerprint density at radius 3 is 2.55 bits per heavy atom. The molecule has 0 aromatic carbocycles. The topological polar surface area (TPSA) is 3.24 Å². The van der Waals surface area contributed by atoms with E-state index in [9.17, 15) is 4.39 Å². The first-order valence-corrected chi connectivity index (χ1v) is 4.44. The van der Waals surface area contributed by atoms with Gasteiger partial charge in [0.15, 0.2) is 0 Å². The highest BCUT2D eigenvalue weighted by atomic mass is 19.1. The molecule has 1 heterocycles. The molecule has 0 spiro atoms. The number of piperidine rings is 1. The van der Waals surface area contributed by atoms with Crippen molar-refractivity contribution in [2.75, 3.05) is 20.1 Å². The van der Waals surface area contributed by atoms with Crippen LogP contribution in [0.4, 0.5) is 4.39 Å². The van der Waals surface area contributed by atoms with E-state index in [-0.39, 0.29) is 0 Å². The third kappa shape index (κ3) is 2.16. The molecule has 1 aliphatic heterocycles. The van der Waals surface area contributed by atoms with Crippen molar-refractivity contribution in [3.63, 3.8) is 0 Å². The van der Waals surface area contributed by atoms with Crippen molar-refractivity contribution in [3.8, 4) is 0 Å². The zero-order valence-electron chi connectivity index (χ0n) is 7.68. The fraction of sp³-hybridized carbons (Fsp3) is 1.00. The molecule has 1 saturated heterocycles. The molecule has 1 rings (SSSR count). The lowest BCUT2D eigenvalue weighted by Crippen LogP contribution is -2.41. The van der Waals surface area contributed by atoms with Crippen LogP contribution >= 0.6 is 0 Å². The maximum Gasteiger partial charge on any atom is 0.116 e. The number of hydrogen-bond donors (Lipinski definition) is 0. The SMILES string of the molecule is CC(C)[C@H]1CCN(C)C[C@@H]1F. The zero-order chi connectivity index (χ0) is 8.43. The molecule has 1 fully saturated rings. The minimum atomic E-state index is -0.603. The van der Waals surface area contributed by atoms with Crippen molar-refractivity contribution in [1.29, 1.82) is 0 Å². The summed E-state index contributed by atoms with van der Waals surface area (Å²) in [4.78, 5) is 2.07. The zero-order valence-corrected chi connectivity index (χ0v) is 7.68. The molecule has 0 N–H and O–H groups in total. The summed E-state index contributed by atoms with van der Waals surface area (Å²) in [5.74, 6) is 0.796. The highest BCUT2D eigenvalue weighted by molar-refractivity contribution is 4.80. The van der Waals surface area contributed by atoms with Gasteiger partial charge < -0.3 is 4.90 Å². The van der Waals surface area contributed by atoms with Crippen LogP contribution in [0.2, 0.25) is 0 Å². The van der Waals surface area contributed by atoms with Gasteiger partial charge in [-0.3, -0.25) is 0 Å². The Balaban J connectivity index is 2.44. The van der Waals surface area contributed by atoms with Crippen LogP contribution in [0.3, 0.4) is 0 Å². The average Bonchev–Trinajstić information content (AvgIpc) is 1.85. The predicted octanol–water partition coefficient (Wildman–Crippen LogP) is 1.93. The number of nitrogens with zero attached hydrogens (tertiary/aromatic N) is 1. The summed E-state index contributed by atoms with van der Waals surface area (Å²) in [6, 6.07) is 0. The average molecular weight is 159 g/mol. The van der Waals surface area contributed by atoms with Gasteiger partial charge in [-0.05, 0) is 31.8 Å². The van der Waals surface area contributed by atoms with Crippen LogP contribution in [-0.4, -0.2) is 31.2 Å². The number of likely N-dealkylation sites (tertiary alicyclic amines) is 1. The van der Waals surface area contributed by atoms with Crippen LogP contribution in [0.25, 0.3) is 0 Å². The van der Waals surface area contributed by atoms with Crippen molar-refractivity contribution < 1.29 is 4.39 Å². The second-order valence-corrected chi connectivity index (χ2v) is 3.97. The van der Waals surface area contributed by atoms with Gasteiger partial charge in [-0.25, -0.2) is 4.39 Å². The van der Waals surface area contributed by atoms with Crippen LogP contribution in [0.5, 0.6) is 0 Å². The Bertz CT molecular complexity index is 125. The van der Waals surface area contributed by atoms with Gasteiger partial charge >= 0.3 is 0 Å². The van der Waals surface area contributed by atoms with Crippen molar-refractivity contribution >= 4 is 0 Å². The number of rotatable bonds is 1. The van der Waals surface area contributed by atoms with Gasteiger partial charge in [0.2, 0.25) is 0 Å². The van der Waals surface area contributed by atoms with Crippen LogP contribution in [0.15, 0.2) is 0 Å². The molecule has 0 amide bonds. The lowest BCUT2D eigenvalue weighted by Gasteiger charge is -2.34. The van der Waals surface area contributed by atoms with Gasteiger partial charge in [-0.2, -0.15) is 0 Å². The lowest BCUT2D eigenvalue weighted by atomic mass is 9.85. The van der Waals surface area contributed by atoms with E-state index in [4.69, 9.17) is 0 Å². The molecule has 1 nitrogen and oxygen atoms in total. The van der Waals surface area contributed by atoms with Gasteiger partial charge in [0.05, 0.1) is 0 Å². The van der Waals surface area contributed by atoms with E-state index >= 15 is 0 Å². The maximum absolute atomic E-state index is 13.3. The third-order valence-corrected chi connectivity index (χ3v) is 2.65. The normalized spacial score (nSPS) is 34.6. The molecule has 0 aromatic heterocycles. The highest BCUT2D eigenvalue weighted by Crippen LogP contribution is 2.26. The van der Waals surface area contributed by atoms with Crippen LogP contribution in [-0.2, 0) is 0 Å². The van der Waals surface area contributed by atoms with Gasteiger partial charge in [0.25, 0.3) is 0 Å². The largest absolute Gasteiger partial charge is 0.303 e. The lowest BCUT2D eigenvalue weighted by molar-refractivity contribution is 0.0758. The van der Waals surface area contributed by atoms with E-state index < -0.39 is 6.17 Å². The first-order valence-electron chi connectivity index (χ1n) is 4.44. The first kappa shape index (κ1) is 8.98. The smallest absolute Gasteiger partial charge is 0.116 e. The monoisotopic (exact) mass is 159 g/mol. The number of alkyl halides is 1. The summed E-state index contributed by atoms with van der Waals surface area (Å²) in [7, 11) is 1.99. The van der Waals surface area contributed by atoms with Gasteiger partial charge in [-0.15, -0.1) is 0 Å². The second kappa shape index (κ2) is 3.53. The van der Waals surface area contributed by atoms with Crippen molar-refractivity contribution in [2.45, 2.75) is 26.4 Å². The van der Waals surface area contributed by atoms with E-state index in [2.05, 4.69) is 18.7 Å². The second-order valence-electron chi connectivity index (χ2n) is 3.97. The van der Waals surface area contributed by atoms with Crippen LogP contribution in [0.1, 0.15) is 20.3 Å². The number of hydrogen-bond acceptors (Lipinski definition) is 1. The Hall–Kier alpha value is -0.110. The predicted molar refractivity (Wildman–Crippen MR) is 45.3 cm³/mol. The summed E-state index contributed by atoms with van der Waals surface area (Å²) in [5, 5.41) is 0. The van der Waals surface area contributed by atoms with Crippen LogP contribution < -0.4 is 0 Å². The Kier molecular flexibility index (Phi) is 2.88. The summed E-state index contributed by atoms with van der Waals surface area (Å²) in [5.41, 5.74) is 0. The molecular formula is C9H18FN. The minimum absolute atomic E-state index is 0.297. The maximum atomic E-state index is 13.3. The fourth-order valence-electron chi connectivity index (χ4n) is 1.83. The molecule has 0 saturated carbocycles. The van der Waals surface area contributed by atoms with E-state index in [1.165, 1.54) is 0 Å². The molecule has 2 atom stereocenters. The number of halogens is 1. The molecule has 66 valence electrons. The van der Waals surface area contributed by atoms with Gasteiger partial charge in [-0.1, -0.05) is 13.8 Å². The van der Waals surface area contributed by atoms with Gasteiger partial charge in [0, 0.05) is 6.54 Å². The van der Waals surface area contributed by atoms with E-state index in [1.807, 2.05) is 7.05 Å². The molecule has 0 bridgehead atoms. The molecular weight excluding hydrogens is 141 g/mol. The summed E-state index contributed by atoms with van der Waals surface area (Å²) >= 11 is 0. The molecule has 1 aliphatic rings. The minimum Gasteiger partial charge on any atom is -0.303 e. The van der Waals surface area contributed by atoms with E-state index in [0.29, 0.717) is 18.4 Å². The van der Waals surface area contributed by atoms with Crippen molar-refractivity contribution in [3.05, 3.63) is 0 Å².